The standard InChI is InChI=1S/C21H27N3O4/c1-3-8-18-17(13-22-24(18)16-9-5-4-6-10-16)19(25)23-12-7-11-21(14-23,15-28-2)20(26)27/h4-6,9-10,13H,3,7-8,11-12,14-15H2,1-2H3,(H,26,27). The molecule has 3 rings (SSSR count). The smallest absolute Gasteiger partial charge is 0.313 e. The van der Waals surface area contributed by atoms with Gasteiger partial charge in [-0.15, -0.1) is 0 Å². The zero-order chi connectivity index (χ0) is 20.1. The number of ether oxygens (including phenoxy) is 1. The number of likely N-dealkylation sites (tertiary alicyclic amines) is 1. The maximum Gasteiger partial charge on any atom is 0.313 e. The summed E-state index contributed by atoms with van der Waals surface area (Å²) in [5, 5.41) is 14.2. The molecule has 0 radical (unpaired) electrons. The Kier molecular flexibility index (Phi) is 6.14. The van der Waals surface area contributed by atoms with Gasteiger partial charge >= 0.3 is 5.97 Å². The summed E-state index contributed by atoms with van der Waals surface area (Å²) in [5.74, 6) is -1.08. The van der Waals surface area contributed by atoms with Crippen LogP contribution in [-0.2, 0) is 16.0 Å². The molecule has 0 spiro atoms. The summed E-state index contributed by atoms with van der Waals surface area (Å²) in [7, 11) is 1.49. The van der Waals surface area contributed by atoms with Crippen LogP contribution in [0.25, 0.3) is 5.69 Å². The summed E-state index contributed by atoms with van der Waals surface area (Å²) in [6.07, 6.45) is 4.34. The maximum absolute atomic E-state index is 13.3. The minimum Gasteiger partial charge on any atom is -0.481 e. The van der Waals surface area contributed by atoms with Gasteiger partial charge in [0.25, 0.3) is 5.91 Å². The van der Waals surface area contributed by atoms with Crippen LogP contribution >= 0.6 is 0 Å². The van der Waals surface area contributed by atoms with Crippen molar-refractivity contribution in [3.05, 3.63) is 47.8 Å². The van der Waals surface area contributed by atoms with Gasteiger partial charge < -0.3 is 14.7 Å². The number of hydrogen-bond donors (Lipinski definition) is 1. The van der Waals surface area contributed by atoms with Crippen molar-refractivity contribution in [2.24, 2.45) is 5.41 Å². The fourth-order valence-electron chi connectivity index (χ4n) is 3.93. The minimum atomic E-state index is -1.05. The first-order valence-electron chi connectivity index (χ1n) is 9.66. The predicted molar refractivity (Wildman–Crippen MR) is 105 cm³/mol. The Morgan fingerprint density at radius 3 is 2.68 bits per heavy atom. The summed E-state index contributed by atoms with van der Waals surface area (Å²) < 4.78 is 6.97. The number of piperidine rings is 1. The van der Waals surface area contributed by atoms with Gasteiger partial charge in [-0.1, -0.05) is 31.5 Å². The molecular formula is C21H27N3O4. The van der Waals surface area contributed by atoms with Crippen molar-refractivity contribution in [2.75, 3.05) is 26.8 Å². The number of carbonyl (C=O) groups excluding carboxylic acids is 1. The second-order valence-electron chi connectivity index (χ2n) is 7.35. The monoisotopic (exact) mass is 385 g/mol. The zero-order valence-electron chi connectivity index (χ0n) is 16.4. The first kappa shape index (κ1) is 20.1. The Morgan fingerprint density at radius 1 is 1.29 bits per heavy atom. The molecule has 1 saturated heterocycles. The molecular weight excluding hydrogens is 358 g/mol. The molecule has 1 aromatic heterocycles. The molecule has 150 valence electrons. The highest BCUT2D eigenvalue weighted by molar-refractivity contribution is 5.96. The van der Waals surface area contributed by atoms with E-state index in [1.165, 1.54) is 7.11 Å². The van der Waals surface area contributed by atoms with Crippen LogP contribution in [0.3, 0.4) is 0 Å². The molecule has 1 unspecified atom stereocenters. The van der Waals surface area contributed by atoms with Crippen molar-refractivity contribution < 1.29 is 19.4 Å². The molecule has 0 aliphatic carbocycles. The van der Waals surface area contributed by atoms with Crippen LogP contribution in [0.1, 0.15) is 42.2 Å². The van der Waals surface area contributed by atoms with Crippen LogP contribution in [0.15, 0.2) is 36.5 Å². The van der Waals surface area contributed by atoms with Gasteiger partial charge in [-0.05, 0) is 31.4 Å². The summed E-state index contributed by atoms with van der Waals surface area (Å²) in [4.78, 5) is 26.8. The average molecular weight is 385 g/mol. The van der Waals surface area contributed by atoms with Crippen LogP contribution in [0, 0.1) is 5.41 Å². The van der Waals surface area contributed by atoms with Crippen molar-refractivity contribution >= 4 is 11.9 Å². The molecule has 1 aromatic carbocycles. The van der Waals surface area contributed by atoms with Crippen molar-refractivity contribution in [3.8, 4) is 5.69 Å². The molecule has 28 heavy (non-hydrogen) atoms. The van der Waals surface area contributed by atoms with E-state index >= 15 is 0 Å². The molecule has 0 bridgehead atoms. The van der Waals surface area contributed by atoms with E-state index in [4.69, 9.17) is 4.74 Å². The average Bonchev–Trinajstić information content (AvgIpc) is 3.12. The molecule has 2 aromatic rings. The molecule has 1 fully saturated rings. The highest BCUT2D eigenvalue weighted by Gasteiger charge is 2.44. The molecule has 7 heteroatoms. The van der Waals surface area contributed by atoms with Crippen molar-refractivity contribution in [1.82, 2.24) is 14.7 Å². The third kappa shape index (κ3) is 3.80. The van der Waals surface area contributed by atoms with Crippen LogP contribution in [0.2, 0.25) is 0 Å². The van der Waals surface area contributed by atoms with E-state index < -0.39 is 11.4 Å². The van der Waals surface area contributed by atoms with Gasteiger partial charge in [0.15, 0.2) is 0 Å². The summed E-state index contributed by atoms with van der Waals surface area (Å²) >= 11 is 0. The molecule has 7 nitrogen and oxygen atoms in total. The van der Waals surface area contributed by atoms with E-state index in [1.54, 1.807) is 15.8 Å². The third-order valence-corrected chi connectivity index (χ3v) is 5.33. The Morgan fingerprint density at radius 2 is 2.04 bits per heavy atom. The summed E-state index contributed by atoms with van der Waals surface area (Å²) in [5.41, 5.74) is 1.26. The second kappa shape index (κ2) is 8.56. The van der Waals surface area contributed by atoms with Gasteiger partial charge in [0.1, 0.15) is 5.41 Å². The van der Waals surface area contributed by atoms with Gasteiger partial charge in [-0.3, -0.25) is 9.59 Å². The number of aliphatic carboxylic acids is 1. The van der Waals surface area contributed by atoms with E-state index in [0.717, 1.165) is 17.8 Å². The number of aromatic nitrogens is 2. The lowest BCUT2D eigenvalue weighted by molar-refractivity contribution is -0.155. The predicted octanol–water partition coefficient (Wildman–Crippen LogP) is 2.78. The van der Waals surface area contributed by atoms with Crippen molar-refractivity contribution in [2.45, 2.75) is 32.6 Å². The molecule has 1 aliphatic rings. The Labute approximate surface area is 164 Å². The molecule has 1 N–H and O–H groups in total. The van der Waals surface area contributed by atoms with Gasteiger partial charge in [0, 0.05) is 20.2 Å². The fraction of sp³-hybridized carbons (Fsp3) is 0.476. The highest BCUT2D eigenvalue weighted by atomic mass is 16.5. The number of benzene rings is 1. The molecule has 1 amide bonds. The van der Waals surface area contributed by atoms with E-state index in [-0.39, 0.29) is 19.1 Å². The lowest BCUT2D eigenvalue weighted by atomic mass is 9.80. The largest absolute Gasteiger partial charge is 0.481 e. The van der Waals surface area contributed by atoms with Gasteiger partial charge in [0.05, 0.1) is 29.7 Å². The molecule has 1 aliphatic heterocycles. The van der Waals surface area contributed by atoms with Crippen molar-refractivity contribution in [1.29, 1.82) is 0 Å². The second-order valence-corrected chi connectivity index (χ2v) is 7.35. The van der Waals surface area contributed by atoms with E-state index in [0.29, 0.717) is 31.4 Å². The first-order chi connectivity index (χ1) is 13.5. The number of hydrogen-bond acceptors (Lipinski definition) is 4. The highest BCUT2D eigenvalue weighted by Crippen LogP contribution is 2.32. The number of rotatable bonds is 7. The first-order valence-corrected chi connectivity index (χ1v) is 9.66. The lowest BCUT2D eigenvalue weighted by Gasteiger charge is -2.39. The number of carboxylic acid groups (broad SMARTS) is 1. The van der Waals surface area contributed by atoms with Crippen molar-refractivity contribution in [3.63, 3.8) is 0 Å². The van der Waals surface area contributed by atoms with Crippen LogP contribution in [0.4, 0.5) is 0 Å². The van der Waals surface area contributed by atoms with Crippen LogP contribution < -0.4 is 0 Å². The van der Waals surface area contributed by atoms with Gasteiger partial charge in [-0.2, -0.15) is 5.10 Å². The summed E-state index contributed by atoms with van der Waals surface area (Å²) in [6.45, 7) is 2.85. The number of carboxylic acids is 1. The van der Waals surface area contributed by atoms with Gasteiger partial charge in [-0.25, -0.2) is 4.68 Å². The molecule has 2 heterocycles. The fourth-order valence-corrected chi connectivity index (χ4v) is 3.93. The Bertz CT molecular complexity index is 829. The normalized spacial score (nSPS) is 19.6. The van der Waals surface area contributed by atoms with E-state index in [9.17, 15) is 14.7 Å². The topological polar surface area (TPSA) is 84.7 Å². The lowest BCUT2D eigenvalue weighted by Crippen LogP contribution is -2.52. The quantitative estimate of drug-likeness (QED) is 0.792. The Balaban J connectivity index is 1.92. The van der Waals surface area contributed by atoms with Gasteiger partial charge in [0.2, 0.25) is 0 Å². The third-order valence-electron chi connectivity index (χ3n) is 5.33. The Hall–Kier alpha value is -2.67. The number of methoxy groups -OCH3 is 1. The SMILES string of the molecule is CCCc1c(C(=O)N2CCCC(COC)(C(=O)O)C2)cnn1-c1ccccc1. The summed E-state index contributed by atoms with van der Waals surface area (Å²) in [6, 6.07) is 9.72. The van der Waals surface area contributed by atoms with E-state index in [2.05, 4.69) is 12.0 Å². The minimum absolute atomic E-state index is 0.0945. The zero-order valence-corrected chi connectivity index (χ0v) is 16.4. The number of para-hydroxylation sites is 1. The molecule has 1 atom stereocenters. The number of nitrogens with zero attached hydrogens (tertiary/aromatic N) is 3. The number of carbonyl (C=O) groups is 2. The van der Waals surface area contributed by atoms with Crippen LogP contribution in [0.5, 0.6) is 0 Å². The number of amides is 1. The van der Waals surface area contributed by atoms with E-state index in [1.807, 2.05) is 30.3 Å². The molecule has 0 saturated carbocycles. The maximum atomic E-state index is 13.3. The van der Waals surface area contributed by atoms with Crippen LogP contribution in [-0.4, -0.2) is 58.5 Å².